The Hall–Kier alpha value is -0.780. The van der Waals surface area contributed by atoms with E-state index in [4.69, 9.17) is 34.8 Å². The molecule has 0 saturated heterocycles. The lowest BCUT2D eigenvalue weighted by molar-refractivity contribution is -0.118. The van der Waals surface area contributed by atoms with E-state index in [0.717, 1.165) is 0 Å². The van der Waals surface area contributed by atoms with Gasteiger partial charge in [-0.15, -0.1) is 11.6 Å². The molecule has 1 atom stereocenters. The first-order chi connectivity index (χ1) is 8.85. The molecule has 0 radical (unpaired) electrons. The van der Waals surface area contributed by atoms with E-state index < -0.39 is 12.5 Å². The van der Waals surface area contributed by atoms with Crippen LogP contribution in [-0.2, 0) is 4.79 Å². The molecule has 0 heterocycles. The normalized spacial score (nSPS) is 12.4. The zero-order valence-corrected chi connectivity index (χ0v) is 12.0. The van der Waals surface area contributed by atoms with Crippen LogP contribution in [0.15, 0.2) is 12.1 Å². The van der Waals surface area contributed by atoms with Crippen LogP contribution >= 0.6 is 34.8 Å². The van der Waals surface area contributed by atoms with E-state index in [0.29, 0.717) is 0 Å². The second kappa shape index (κ2) is 7.12. The molecule has 0 aliphatic carbocycles. The van der Waals surface area contributed by atoms with Crippen molar-refractivity contribution in [3.05, 3.63) is 22.2 Å². The molecule has 1 unspecified atom stereocenters. The van der Waals surface area contributed by atoms with E-state index in [1.165, 1.54) is 12.1 Å². The van der Waals surface area contributed by atoms with E-state index >= 15 is 0 Å². The van der Waals surface area contributed by atoms with Gasteiger partial charge in [0.05, 0.1) is 10.0 Å². The fourth-order valence-corrected chi connectivity index (χ4v) is 1.89. The fourth-order valence-electron chi connectivity index (χ4n) is 1.17. The van der Waals surface area contributed by atoms with Crippen molar-refractivity contribution in [1.82, 2.24) is 0 Å². The molecule has 0 saturated carbocycles. The quantitative estimate of drug-likeness (QED) is 0.811. The topological polar surface area (TPSA) is 38.3 Å². The van der Waals surface area contributed by atoms with Gasteiger partial charge in [-0.1, -0.05) is 30.1 Å². The SMILES string of the molecule is CC(CCl)C(=O)Nc1cc(Cl)c(OC(F)F)c(Cl)c1. The number of carbonyl (C=O) groups is 1. The molecule has 0 aliphatic rings. The van der Waals surface area contributed by atoms with Gasteiger partial charge in [-0.05, 0) is 12.1 Å². The molecule has 3 nitrogen and oxygen atoms in total. The van der Waals surface area contributed by atoms with Gasteiger partial charge in [0.2, 0.25) is 5.91 Å². The summed E-state index contributed by atoms with van der Waals surface area (Å²) in [6.45, 7) is -1.40. The summed E-state index contributed by atoms with van der Waals surface area (Å²) >= 11 is 17.1. The van der Waals surface area contributed by atoms with Crippen molar-refractivity contribution < 1.29 is 18.3 Å². The summed E-state index contributed by atoms with van der Waals surface area (Å²) in [5, 5.41) is 2.27. The Morgan fingerprint density at radius 1 is 1.37 bits per heavy atom. The number of carbonyl (C=O) groups excluding carboxylic acids is 1. The second-order valence-corrected chi connectivity index (χ2v) is 4.82. The lowest BCUT2D eigenvalue weighted by Gasteiger charge is -2.13. The summed E-state index contributed by atoms with van der Waals surface area (Å²) in [6.07, 6.45) is 0. The number of nitrogens with one attached hydrogen (secondary N) is 1. The molecular formula is C11H10Cl3F2NO2. The van der Waals surface area contributed by atoms with Gasteiger partial charge in [-0.3, -0.25) is 4.79 Å². The maximum atomic E-state index is 12.1. The van der Waals surface area contributed by atoms with E-state index in [2.05, 4.69) is 10.1 Å². The Labute approximate surface area is 123 Å². The van der Waals surface area contributed by atoms with Crippen LogP contribution in [0.25, 0.3) is 0 Å². The molecule has 8 heteroatoms. The highest BCUT2D eigenvalue weighted by Gasteiger charge is 2.17. The van der Waals surface area contributed by atoms with Gasteiger partial charge in [0.15, 0.2) is 5.75 Å². The van der Waals surface area contributed by atoms with Crippen LogP contribution in [0.1, 0.15) is 6.92 Å². The van der Waals surface area contributed by atoms with Gasteiger partial charge in [0.1, 0.15) is 0 Å². The van der Waals surface area contributed by atoms with Crippen LogP contribution in [0.2, 0.25) is 10.0 Å². The van der Waals surface area contributed by atoms with Gasteiger partial charge in [0.25, 0.3) is 0 Å². The Bertz CT molecular complexity index is 448. The molecule has 0 aliphatic heterocycles. The number of anilines is 1. The van der Waals surface area contributed by atoms with Crippen LogP contribution in [0.4, 0.5) is 14.5 Å². The van der Waals surface area contributed by atoms with Crippen molar-refractivity contribution in [3.8, 4) is 5.75 Å². The molecular weight excluding hydrogens is 322 g/mol. The number of amides is 1. The third-order valence-electron chi connectivity index (χ3n) is 2.15. The summed E-state index contributed by atoms with van der Waals surface area (Å²) < 4.78 is 28.4. The molecule has 1 aromatic carbocycles. The first kappa shape index (κ1) is 16.3. The van der Waals surface area contributed by atoms with Crippen molar-refractivity contribution >= 4 is 46.4 Å². The molecule has 1 aromatic rings. The lowest BCUT2D eigenvalue weighted by Crippen LogP contribution is -2.21. The molecule has 0 spiro atoms. The fraction of sp³-hybridized carbons (Fsp3) is 0.364. The van der Waals surface area contributed by atoms with Crippen LogP contribution in [-0.4, -0.2) is 18.4 Å². The van der Waals surface area contributed by atoms with Crippen molar-refractivity contribution in [2.45, 2.75) is 13.5 Å². The predicted molar refractivity (Wildman–Crippen MR) is 71.6 cm³/mol. The molecule has 1 rings (SSSR count). The second-order valence-electron chi connectivity index (χ2n) is 3.69. The Kier molecular flexibility index (Phi) is 6.10. The standard InChI is InChI=1S/C11H10Cl3F2NO2/c1-5(4-12)10(18)17-6-2-7(13)9(8(14)3-6)19-11(15)16/h2-3,5,11H,4H2,1H3,(H,17,18). The van der Waals surface area contributed by atoms with Crippen molar-refractivity contribution in [2.24, 2.45) is 5.92 Å². The molecule has 0 aromatic heterocycles. The van der Waals surface area contributed by atoms with Crippen LogP contribution in [0, 0.1) is 5.92 Å². The van der Waals surface area contributed by atoms with E-state index in [1.54, 1.807) is 6.92 Å². The predicted octanol–water partition coefficient (Wildman–Crippen LogP) is 4.41. The minimum atomic E-state index is -3.04. The van der Waals surface area contributed by atoms with Crippen molar-refractivity contribution in [2.75, 3.05) is 11.2 Å². The summed E-state index contributed by atoms with van der Waals surface area (Å²) in [6, 6.07) is 2.54. The summed E-state index contributed by atoms with van der Waals surface area (Å²) in [5.74, 6) is -0.914. The first-order valence-corrected chi connectivity index (χ1v) is 6.45. The van der Waals surface area contributed by atoms with Gasteiger partial charge in [0, 0.05) is 17.5 Å². The maximum Gasteiger partial charge on any atom is 0.387 e. The lowest BCUT2D eigenvalue weighted by atomic mass is 10.2. The average molecular weight is 333 g/mol. The van der Waals surface area contributed by atoms with Crippen molar-refractivity contribution in [1.29, 1.82) is 0 Å². The third-order valence-corrected chi connectivity index (χ3v) is 3.18. The monoisotopic (exact) mass is 331 g/mol. The number of hydrogen-bond donors (Lipinski definition) is 1. The minimum absolute atomic E-state index is 0.123. The zero-order chi connectivity index (χ0) is 14.6. The largest absolute Gasteiger partial charge is 0.432 e. The van der Waals surface area contributed by atoms with E-state index in [-0.39, 0.29) is 33.3 Å². The maximum absolute atomic E-state index is 12.1. The highest BCUT2D eigenvalue weighted by molar-refractivity contribution is 6.37. The summed E-state index contributed by atoms with van der Waals surface area (Å²) in [5.41, 5.74) is 0.276. The van der Waals surface area contributed by atoms with E-state index in [1.807, 2.05) is 0 Å². The summed E-state index contributed by atoms with van der Waals surface area (Å²) in [7, 11) is 0. The first-order valence-electron chi connectivity index (χ1n) is 5.15. The molecule has 19 heavy (non-hydrogen) atoms. The third kappa shape index (κ3) is 4.67. The van der Waals surface area contributed by atoms with Gasteiger partial charge < -0.3 is 10.1 Å². The molecule has 1 N–H and O–H groups in total. The minimum Gasteiger partial charge on any atom is -0.432 e. The molecule has 0 bridgehead atoms. The zero-order valence-electron chi connectivity index (χ0n) is 9.72. The Morgan fingerprint density at radius 2 is 1.89 bits per heavy atom. The number of benzene rings is 1. The van der Waals surface area contributed by atoms with Gasteiger partial charge in [-0.2, -0.15) is 8.78 Å². The Balaban J connectivity index is 2.92. The number of rotatable bonds is 5. The van der Waals surface area contributed by atoms with Crippen molar-refractivity contribution in [3.63, 3.8) is 0 Å². The Morgan fingerprint density at radius 3 is 2.32 bits per heavy atom. The summed E-state index contributed by atoms with van der Waals surface area (Å²) in [4.78, 5) is 11.6. The van der Waals surface area contributed by atoms with Gasteiger partial charge >= 0.3 is 6.61 Å². The van der Waals surface area contributed by atoms with Gasteiger partial charge in [-0.25, -0.2) is 0 Å². The number of hydrogen-bond acceptors (Lipinski definition) is 2. The van der Waals surface area contributed by atoms with Crippen LogP contribution in [0.3, 0.4) is 0 Å². The number of alkyl halides is 3. The molecule has 106 valence electrons. The smallest absolute Gasteiger partial charge is 0.387 e. The number of halogens is 5. The highest BCUT2D eigenvalue weighted by atomic mass is 35.5. The molecule has 1 amide bonds. The van der Waals surface area contributed by atoms with E-state index in [9.17, 15) is 13.6 Å². The highest BCUT2D eigenvalue weighted by Crippen LogP contribution is 2.37. The molecule has 0 fully saturated rings. The van der Waals surface area contributed by atoms with Crippen LogP contribution in [0.5, 0.6) is 5.75 Å². The average Bonchev–Trinajstić information content (AvgIpc) is 2.32. The van der Waals surface area contributed by atoms with Crippen LogP contribution < -0.4 is 10.1 Å². The number of ether oxygens (including phenoxy) is 1.